The number of rotatable bonds is 18. The highest BCUT2D eigenvalue weighted by Gasteiger charge is 2.27. The van der Waals surface area contributed by atoms with E-state index in [1.807, 2.05) is 0 Å². The zero-order valence-corrected chi connectivity index (χ0v) is 19.8. The summed E-state index contributed by atoms with van der Waals surface area (Å²) >= 11 is 0. The van der Waals surface area contributed by atoms with E-state index in [4.69, 9.17) is 33.8 Å². The standard InChI is InChI=1S/C19H36N10O7/c20-10(3-1-7-25-18(21)22)15(33)27-9-13(30)28-11(5-6-14(31)32)16(34)29-12(17(35)36)4-2-8-26-19(23)24/h10-12H,1-9,20H2,(H,27,33)(H,28,30)(H,29,34)(H,31,32)(H,35,36)(H4,21,22,25)(H4,23,24,26). The number of hydrogen-bond acceptors (Lipinski definition) is 8. The van der Waals surface area contributed by atoms with Gasteiger partial charge in [0.05, 0.1) is 12.6 Å². The van der Waals surface area contributed by atoms with Gasteiger partial charge in [-0.05, 0) is 32.1 Å². The summed E-state index contributed by atoms with van der Waals surface area (Å²) in [5, 5.41) is 25.1. The molecule has 0 aromatic heterocycles. The molecule has 0 aromatic rings. The predicted molar refractivity (Wildman–Crippen MR) is 129 cm³/mol. The normalized spacial score (nSPS) is 12.8. The number of nitrogens with two attached hydrogens (primary N) is 5. The van der Waals surface area contributed by atoms with Crippen molar-refractivity contribution in [2.75, 3.05) is 19.6 Å². The smallest absolute Gasteiger partial charge is 0.326 e. The molecule has 0 heterocycles. The average molecular weight is 517 g/mol. The molecule has 17 heteroatoms. The van der Waals surface area contributed by atoms with Gasteiger partial charge in [-0.2, -0.15) is 0 Å². The molecule has 3 amide bonds. The number of carboxylic acid groups (broad SMARTS) is 2. The van der Waals surface area contributed by atoms with Crippen LogP contribution in [0, 0.1) is 0 Å². The Morgan fingerprint density at radius 2 is 1.31 bits per heavy atom. The van der Waals surface area contributed by atoms with E-state index in [2.05, 4.69) is 25.9 Å². The van der Waals surface area contributed by atoms with Crippen molar-refractivity contribution in [1.82, 2.24) is 16.0 Å². The van der Waals surface area contributed by atoms with Gasteiger partial charge >= 0.3 is 11.9 Å². The summed E-state index contributed by atoms with van der Waals surface area (Å²) in [6, 6.07) is -3.63. The van der Waals surface area contributed by atoms with Gasteiger partial charge in [0, 0.05) is 19.5 Å². The predicted octanol–water partition coefficient (Wildman–Crippen LogP) is -4.54. The lowest BCUT2D eigenvalue weighted by Gasteiger charge is -2.21. The summed E-state index contributed by atoms with van der Waals surface area (Å²) in [6.07, 6.45) is 0.0910. The van der Waals surface area contributed by atoms with E-state index in [1.54, 1.807) is 0 Å². The maximum Gasteiger partial charge on any atom is 0.326 e. The summed E-state index contributed by atoms with van der Waals surface area (Å²) in [5.74, 6) is -5.16. The fourth-order valence-corrected chi connectivity index (χ4v) is 2.76. The molecule has 0 aliphatic carbocycles. The number of aliphatic carboxylic acids is 2. The number of aliphatic imine (C=N–C) groups is 2. The minimum Gasteiger partial charge on any atom is -0.481 e. The molecule has 204 valence electrons. The van der Waals surface area contributed by atoms with E-state index >= 15 is 0 Å². The van der Waals surface area contributed by atoms with Crippen molar-refractivity contribution in [2.24, 2.45) is 38.7 Å². The lowest BCUT2D eigenvalue weighted by atomic mass is 10.1. The molecular weight excluding hydrogens is 480 g/mol. The van der Waals surface area contributed by atoms with Crippen LogP contribution in [-0.4, -0.2) is 89.6 Å². The highest BCUT2D eigenvalue weighted by molar-refractivity contribution is 5.92. The van der Waals surface area contributed by atoms with Gasteiger partial charge in [0.15, 0.2) is 11.9 Å². The Hall–Kier alpha value is -4.15. The topological polar surface area (TPSA) is 317 Å². The molecule has 17 nitrogen and oxygen atoms in total. The third kappa shape index (κ3) is 15.6. The Bertz CT molecular complexity index is 825. The van der Waals surface area contributed by atoms with Crippen LogP contribution in [0.3, 0.4) is 0 Å². The number of nitrogens with zero attached hydrogens (tertiary/aromatic N) is 2. The molecule has 15 N–H and O–H groups in total. The molecule has 0 fully saturated rings. The monoisotopic (exact) mass is 516 g/mol. The highest BCUT2D eigenvalue weighted by atomic mass is 16.4. The summed E-state index contributed by atoms with van der Waals surface area (Å²) in [4.78, 5) is 66.8. The van der Waals surface area contributed by atoms with Gasteiger partial charge in [-0.1, -0.05) is 0 Å². The molecule has 0 aromatic carbocycles. The Balaban J connectivity index is 4.91. The Morgan fingerprint density at radius 3 is 1.81 bits per heavy atom. The molecule has 0 radical (unpaired) electrons. The second-order valence-electron chi connectivity index (χ2n) is 7.67. The molecule has 3 unspecified atom stereocenters. The Labute approximate surface area is 207 Å². The van der Waals surface area contributed by atoms with Crippen LogP contribution in [0.25, 0.3) is 0 Å². The molecule has 0 aliphatic heterocycles. The number of carbonyl (C=O) groups excluding carboxylic acids is 3. The summed E-state index contributed by atoms with van der Waals surface area (Å²) in [6.45, 7) is -0.134. The quantitative estimate of drug-likeness (QED) is 0.0467. The second kappa shape index (κ2) is 17.3. The van der Waals surface area contributed by atoms with Gasteiger partial charge in [-0.25, -0.2) is 4.79 Å². The van der Waals surface area contributed by atoms with Gasteiger partial charge in [-0.15, -0.1) is 0 Å². The molecule has 0 rings (SSSR count). The lowest BCUT2D eigenvalue weighted by molar-refractivity contribution is -0.143. The van der Waals surface area contributed by atoms with Crippen LogP contribution in [-0.2, 0) is 24.0 Å². The third-order valence-electron chi connectivity index (χ3n) is 4.59. The first-order chi connectivity index (χ1) is 16.8. The summed E-state index contributed by atoms with van der Waals surface area (Å²) in [7, 11) is 0. The first kappa shape index (κ1) is 31.8. The van der Waals surface area contributed by atoms with Crippen molar-refractivity contribution in [3.8, 4) is 0 Å². The number of hydrogen-bond donors (Lipinski definition) is 10. The molecule has 3 atom stereocenters. The van der Waals surface area contributed by atoms with Crippen molar-refractivity contribution >= 4 is 41.6 Å². The fraction of sp³-hybridized carbons (Fsp3) is 0.632. The minimum absolute atomic E-state index is 0.0193. The van der Waals surface area contributed by atoms with E-state index in [1.165, 1.54) is 0 Å². The molecule has 36 heavy (non-hydrogen) atoms. The van der Waals surface area contributed by atoms with Gasteiger partial charge in [0.25, 0.3) is 0 Å². The van der Waals surface area contributed by atoms with E-state index < -0.39 is 60.8 Å². The van der Waals surface area contributed by atoms with Gasteiger partial charge < -0.3 is 54.8 Å². The molecule has 0 spiro atoms. The van der Waals surface area contributed by atoms with E-state index in [0.717, 1.165) is 0 Å². The van der Waals surface area contributed by atoms with Gasteiger partial charge in [0.1, 0.15) is 12.1 Å². The van der Waals surface area contributed by atoms with E-state index in [9.17, 15) is 29.1 Å². The minimum atomic E-state index is -1.36. The zero-order valence-electron chi connectivity index (χ0n) is 19.8. The Morgan fingerprint density at radius 1 is 0.750 bits per heavy atom. The Kier molecular flexibility index (Phi) is 15.3. The first-order valence-corrected chi connectivity index (χ1v) is 11.0. The van der Waals surface area contributed by atoms with Crippen LogP contribution in [0.1, 0.15) is 38.5 Å². The molecule has 0 aliphatic rings. The number of nitrogens with one attached hydrogen (secondary N) is 3. The second-order valence-corrected chi connectivity index (χ2v) is 7.67. The van der Waals surface area contributed by atoms with Crippen molar-refractivity contribution in [3.05, 3.63) is 0 Å². The van der Waals surface area contributed by atoms with Crippen molar-refractivity contribution in [1.29, 1.82) is 0 Å². The largest absolute Gasteiger partial charge is 0.481 e. The van der Waals surface area contributed by atoms with E-state index in [-0.39, 0.29) is 50.7 Å². The van der Waals surface area contributed by atoms with Crippen LogP contribution in [0.15, 0.2) is 9.98 Å². The number of guanidine groups is 2. The first-order valence-electron chi connectivity index (χ1n) is 11.0. The van der Waals surface area contributed by atoms with Crippen LogP contribution in [0.2, 0.25) is 0 Å². The lowest BCUT2D eigenvalue weighted by Crippen LogP contribution is -2.53. The molecular formula is C19H36N10O7. The van der Waals surface area contributed by atoms with Crippen LogP contribution in [0.5, 0.6) is 0 Å². The van der Waals surface area contributed by atoms with Crippen LogP contribution < -0.4 is 44.6 Å². The maximum absolute atomic E-state index is 12.6. The summed E-state index contributed by atoms with van der Waals surface area (Å²) in [5.41, 5.74) is 26.5. The average Bonchev–Trinajstić information content (AvgIpc) is 2.78. The van der Waals surface area contributed by atoms with Gasteiger partial charge in [-0.3, -0.25) is 29.2 Å². The number of carbonyl (C=O) groups is 5. The van der Waals surface area contributed by atoms with E-state index in [0.29, 0.717) is 6.42 Å². The number of carboxylic acids is 2. The maximum atomic E-state index is 12.6. The van der Waals surface area contributed by atoms with Crippen LogP contribution >= 0.6 is 0 Å². The summed E-state index contributed by atoms with van der Waals surface area (Å²) < 4.78 is 0. The molecule has 0 saturated carbocycles. The highest BCUT2D eigenvalue weighted by Crippen LogP contribution is 2.03. The SMILES string of the molecule is NC(N)=NCCCC(N)C(=O)NCC(=O)NC(CCC(=O)O)C(=O)NC(CCCN=C(N)N)C(=O)O. The third-order valence-corrected chi connectivity index (χ3v) is 4.59. The zero-order chi connectivity index (χ0) is 27.7. The van der Waals surface area contributed by atoms with Crippen molar-refractivity contribution in [2.45, 2.75) is 56.7 Å². The molecule has 0 saturated heterocycles. The fourth-order valence-electron chi connectivity index (χ4n) is 2.76. The number of amides is 3. The van der Waals surface area contributed by atoms with Crippen molar-refractivity contribution < 1.29 is 34.2 Å². The van der Waals surface area contributed by atoms with Crippen LogP contribution in [0.4, 0.5) is 0 Å². The van der Waals surface area contributed by atoms with Gasteiger partial charge in [0.2, 0.25) is 17.7 Å². The molecule has 0 bridgehead atoms. The van der Waals surface area contributed by atoms with Crippen molar-refractivity contribution in [3.63, 3.8) is 0 Å².